The van der Waals surface area contributed by atoms with Crippen molar-refractivity contribution in [2.24, 2.45) is 23.3 Å². The third-order valence-electron chi connectivity index (χ3n) is 8.51. The number of nitrogens with one attached hydrogen (secondary N) is 8. The second kappa shape index (κ2) is 22.6. The number of primary amides is 1. The van der Waals surface area contributed by atoms with Gasteiger partial charge in [0.05, 0.1) is 18.8 Å². The Balaban J connectivity index is 2.49. The quantitative estimate of drug-likeness (QED) is 0.110. The van der Waals surface area contributed by atoms with Gasteiger partial charge in [0.25, 0.3) is 5.91 Å². The largest absolute Gasteiger partial charge is 0.481 e. The molecule has 312 valence electrons. The van der Waals surface area contributed by atoms with Crippen LogP contribution in [-0.2, 0) is 49.6 Å². The van der Waals surface area contributed by atoms with Crippen LogP contribution in [0.5, 0.6) is 0 Å². The molecule has 8 amide bonds. The molecular formula is C32H51N11O11S2. The summed E-state index contributed by atoms with van der Waals surface area (Å²) in [4.78, 5) is 123. The first-order chi connectivity index (χ1) is 26.2. The second-order valence-corrected chi connectivity index (χ2v) is 15.9. The first-order valence-electron chi connectivity index (χ1n) is 17.5. The summed E-state index contributed by atoms with van der Waals surface area (Å²) in [5, 5.41) is 36.7. The van der Waals surface area contributed by atoms with E-state index in [1.165, 1.54) is 33.3 Å². The summed E-state index contributed by atoms with van der Waals surface area (Å²) in [7, 11) is 2.11. The third-order valence-corrected chi connectivity index (χ3v) is 11.0. The van der Waals surface area contributed by atoms with Crippen LogP contribution in [0.4, 0.5) is 0 Å². The number of imidazole rings is 1. The molecule has 9 atom stereocenters. The SMILES string of the molecule is CCC(C)[C@@H]1NC(=O)[C@H](CC(=O)O)NC(=O)[C@H](C(C)C)NC(=O)[C@@H](O)NC(=O)[C@H](Cc2cnc[nH]2)NC(=O)[C@H](C)NC(=O)[C@@H](N)CSSC[C@@H](C(N)=O)NC1=O. The van der Waals surface area contributed by atoms with Crippen LogP contribution in [0.15, 0.2) is 12.5 Å². The molecule has 1 aliphatic heterocycles. The van der Waals surface area contributed by atoms with Gasteiger partial charge in [0.15, 0.2) is 0 Å². The van der Waals surface area contributed by atoms with Crippen LogP contribution in [0.1, 0.15) is 53.2 Å². The van der Waals surface area contributed by atoms with E-state index in [1.807, 2.05) is 0 Å². The Morgan fingerprint density at radius 1 is 0.804 bits per heavy atom. The van der Waals surface area contributed by atoms with Crippen molar-refractivity contribution in [1.29, 1.82) is 0 Å². The number of hydrogen-bond acceptors (Lipinski definition) is 14. The molecule has 22 nitrogen and oxygen atoms in total. The van der Waals surface area contributed by atoms with Gasteiger partial charge in [-0.05, 0) is 18.8 Å². The van der Waals surface area contributed by atoms with Crippen LogP contribution < -0.4 is 48.7 Å². The number of carboxylic acids is 1. The fourth-order valence-corrected chi connectivity index (χ4v) is 7.25. The number of aliphatic hydroxyl groups excluding tert-OH is 1. The summed E-state index contributed by atoms with van der Waals surface area (Å²) in [6, 6.07) is -9.65. The number of carboxylic acid groups (broad SMARTS) is 1. The van der Waals surface area contributed by atoms with Gasteiger partial charge in [-0.15, -0.1) is 0 Å². The summed E-state index contributed by atoms with van der Waals surface area (Å²) in [6.45, 7) is 7.66. The van der Waals surface area contributed by atoms with E-state index in [0.29, 0.717) is 12.1 Å². The van der Waals surface area contributed by atoms with E-state index < -0.39 is 120 Å². The molecule has 1 aromatic heterocycles. The lowest BCUT2D eigenvalue weighted by molar-refractivity contribution is -0.143. The van der Waals surface area contributed by atoms with Gasteiger partial charge in [0.2, 0.25) is 47.6 Å². The minimum absolute atomic E-state index is 0.0189. The lowest BCUT2D eigenvalue weighted by atomic mass is 9.97. The molecule has 1 saturated heterocycles. The number of nitrogens with zero attached hydrogens (tertiary/aromatic N) is 1. The van der Waals surface area contributed by atoms with E-state index in [4.69, 9.17) is 11.5 Å². The highest BCUT2D eigenvalue weighted by Crippen LogP contribution is 2.23. The van der Waals surface area contributed by atoms with Gasteiger partial charge in [0.1, 0.15) is 36.3 Å². The number of carbonyl (C=O) groups is 9. The standard InChI is InChI=1S/C32H51N11O11S2/c1-6-14(4)23-30(52)40-20(24(34)46)11-56-55-10-17(33)26(48)37-15(5)25(47)38-18(7-16-9-35-12-36-16)28(50)43-32(54)31(53)41-22(13(2)3)29(51)39-19(8-21(44)45)27(49)42-23/h9,12-15,17-20,22-23,32,54H,6-8,10-11,33H2,1-5H3,(H2,34,46)(H,35,36)(H,37,48)(H,38,47)(H,39,51)(H,40,52)(H,41,53)(H,42,49)(H,43,50)(H,44,45)/t14?,15-,17-,18-,19-,20-,22-,23-,32+/m0/s1. The van der Waals surface area contributed by atoms with E-state index >= 15 is 0 Å². The molecule has 1 fully saturated rings. The monoisotopic (exact) mass is 829 g/mol. The summed E-state index contributed by atoms with van der Waals surface area (Å²) >= 11 is 0. The van der Waals surface area contributed by atoms with Crippen LogP contribution in [0, 0.1) is 11.8 Å². The average Bonchev–Trinajstić information content (AvgIpc) is 3.64. The summed E-state index contributed by atoms with van der Waals surface area (Å²) < 4.78 is 0. The number of nitrogens with two attached hydrogens (primary N) is 2. The number of aliphatic carboxylic acids is 1. The van der Waals surface area contributed by atoms with Crippen molar-refractivity contribution >= 4 is 74.8 Å². The third kappa shape index (κ3) is 15.0. The predicted octanol–water partition coefficient (Wildman–Crippen LogP) is -4.30. The number of carbonyl (C=O) groups excluding carboxylic acids is 8. The Morgan fingerprint density at radius 2 is 1.39 bits per heavy atom. The molecule has 56 heavy (non-hydrogen) atoms. The lowest BCUT2D eigenvalue weighted by Gasteiger charge is -2.29. The van der Waals surface area contributed by atoms with Gasteiger partial charge in [-0.2, -0.15) is 0 Å². The molecule has 0 aromatic carbocycles. The van der Waals surface area contributed by atoms with E-state index in [9.17, 15) is 53.4 Å². The number of aromatic amines is 1. The van der Waals surface area contributed by atoms with Gasteiger partial charge in [-0.3, -0.25) is 43.2 Å². The molecule has 0 aliphatic carbocycles. The van der Waals surface area contributed by atoms with Gasteiger partial charge in [-0.25, -0.2) is 4.98 Å². The minimum Gasteiger partial charge on any atom is -0.481 e. The maximum Gasteiger partial charge on any atom is 0.305 e. The number of rotatable bonds is 8. The van der Waals surface area contributed by atoms with Gasteiger partial charge < -0.3 is 63.9 Å². The molecule has 2 heterocycles. The summed E-state index contributed by atoms with van der Waals surface area (Å²) in [5.74, 6) is -10.6. The fourth-order valence-electron chi connectivity index (χ4n) is 4.95. The molecule has 0 saturated carbocycles. The number of H-pyrrole nitrogens is 1. The first-order valence-corrected chi connectivity index (χ1v) is 20.0. The molecule has 1 aliphatic rings. The van der Waals surface area contributed by atoms with Crippen molar-refractivity contribution in [1.82, 2.24) is 47.2 Å². The topological polar surface area (TPSA) is 359 Å². The highest BCUT2D eigenvalue weighted by Gasteiger charge is 2.36. The maximum atomic E-state index is 13.5. The second-order valence-electron chi connectivity index (χ2n) is 13.4. The Kier molecular flexibility index (Phi) is 19.0. The zero-order valence-electron chi connectivity index (χ0n) is 31.5. The Morgan fingerprint density at radius 3 is 1.96 bits per heavy atom. The molecule has 0 bridgehead atoms. The first kappa shape index (κ1) is 47.2. The van der Waals surface area contributed by atoms with Gasteiger partial charge in [0, 0.05) is 29.8 Å². The van der Waals surface area contributed by atoms with Crippen molar-refractivity contribution in [3.8, 4) is 0 Å². The van der Waals surface area contributed by atoms with Crippen molar-refractivity contribution in [2.45, 2.75) is 102 Å². The summed E-state index contributed by atoms with van der Waals surface area (Å²) in [5.41, 5.74) is 11.9. The normalized spacial score (nSPS) is 28.0. The van der Waals surface area contributed by atoms with Crippen LogP contribution in [0.3, 0.4) is 0 Å². The molecule has 14 N–H and O–H groups in total. The van der Waals surface area contributed by atoms with E-state index in [-0.39, 0.29) is 17.9 Å². The number of amides is 8. The Bertz CT molecular complexity index is 1580. The summed E-state index contributed by atoms with van der Waals surface area (Å²) in [6.07, 6.45) is -0.398. The van der Waals surface area contributed by atoms with Crippen LogP contribution in [0.25, 0.3) is 0 Å². The predicted molar refractivity (Wildman–Crippen MR) is 202 cm³/mol. The smallest absolute Gasteiger partial charge is 0.305 e. The maximum absolute atomic E-state index is 13.5. The molecule has 24 heteroatoms. The highest BCUT2D eigenvalue weighted by molar-refractivity contribution is 8.76. The van der Waals surface area contributed by atoms with E-state index in [1.54, 1.807) is 13.8 Å². The Hall–Kier alpha value is -4.94. The molecular weight excluding hydrogens is 779 g/mol. The van der Waals surface area contributed by atoms with E-state index in [0.717, 1.165) is 21.6 Å². The molecule has 2 rings (SSSR count). The fraction of sp³-hybridized carbons (Fsp3) is 0.625. The van der Waals surface area contributed by atoms with Crippen LogP contribution in [-0.4, -0.2) is 133 Å². The number of hydrogen-bond donors (Lipinski definition) is 12. The minimum atomic E-state index is -2.28. The van der Waals surface area contributed by atoms with Crippen LogP contribution >= 0.6 is 21.6 Å². The zero-order valence-corrected chi connectivity index (χ0v) is 33.1. The highest BCUT2D eigenvalue weighted by atomic mass is 33.1. The molecule has 0 spiro atoms. The van der Waals surface area contributed by atoms with Crippen molar-refractivity contribution in [2.75, 3.05) is 11.5 Å². The van der Waals surface area contributed by atoms with Crippen molar-refractivity contribution in [3.63, 3.8) is 0 Å². The molecule has 1 aromatic rings. The van der Waals surface area contributed by atoms with Crippen LogP contribution in [0.2, 0.25) is 0 Å². The Labute approximate surface area is 330 Å². The van der Waals surface area contributed by atoms with Gasteiger partial charge in [-0.1, -0.05) is 55.7 Å². The van der Waals surface area contributed by atoms with E-state index in [2.05, 4.69) is 47.2 Å². The van der Waals surface area contributed by atoms with Crippen molar-refractivity contribution < 1.29 is 53.4 Å². The van der Waals surface area contributed by atoms with Crippen molar-refractivity contribution in [3.05, 3.63) is 18.2 Å². The molecule has 1 unspecified atom stereocenters. The van der Waals surface area contributed by atoms with Gasteiger partial charge >= 0.3 is 5.97 Å². The lowest BCUT2D eigenvalue weighted by Crippen LogP contribution is -2.61. The zero-order chi connectivity index (χ0) is 42.3. The average molecular weight is 830 g/mol. The number of aliphatic hydroxyl groups is 1. The molecule has 0 radical (unpaired) electrons. The number of aromatic nitrogens is 2.